The van der Waals surface area contributed by atoms with Gasteiger partial charge in [-0.1, -0.05) is 6.07 Å². The Labute approximate surface area is 96.2 Å². The fourth-order valence-corrected chi connectivity index (χ4v) is 2.03. The lowest BCUT2D eigenvalue weighted by Crippen LogP contribution is -2.40. The van der Waals surface area contributed by atoms with Gasteiger partial charge in [-0.3, -0.25) is 0 Å². The van der Waals surface area contributed by atoms with Gasteiger partial charge in [-0.2, -0.15) is 5.26 Å². The van der Waals surface area contributed by atoms with Gasteiger partial charge in [0.25, 0.3) is 0 Å². The minimum Gasteiger partial charge on any atom is -0.489 e. The van der Waals surface area contributed by atoms with Gasteiger partial charge >= 0.3 is 0 Å². The summed E-state index contributed by atoms with van der Waals surface area (Å²) in [6.45, 7) is 2.74. The zero-order valence-electron chi connectivity index (χ0n) is 9.73. The second-order valence-corrected chi connectivity index (χ2v) is 4.24. The fraction of sp³-hybridized carbons (Fsp3) is 0.462. The molecule has 0 N–H and O–H groups in total. The van der Waals surface area contributed by atoms with Gasteiger partial charge in [0.05, 0.1) is 17.8 Å². The van der Waals surface area contributed by atoms with Gasteiger partial charge in [-0.15, -0.1) is 0 Å². The van der Waals surface area contributed by atoms with Gasteiger partial charge in [-0.05, 0) is 31.0 Å². The number of nitriles is 1. The molecule has 0 amide bonds. The van der Waals surface area contributed by atoms with E-state index in [0.717, 1.165) is 17.9 Å². The minimum atomic E-state index is 0.315. The summed E-state index contributed by atoms with van der Waals surface area (Å²) in [6, 6.07) is 8.74. The van der Waals surface area contributed by atoms with Crippen molar-refractivity contribution in [3.8, 4) is 11.8 Å². The third kappa shape index (κ3) is 1.96. The van der Waals surface area contributed by atoms with Crippen LogP contribution >= 0.6 is 0 Å². The Morgan fingerprint density at radius 1 is 1.56 bits per heavy atom. The number of fused-ring (bicyclic) bond motifs is 1. The van der Waals surface area contributed by atoms with E-state index in [1.165, 1.54) is 5.56 Å². The topological polar surface area (TPSA) is 36.3 Å². The Bertz CT molecular complexity index is 422. The largest absolute Gasteiger partial charge is 0.489 e. The molecule has 0 bridgehead atoms. The lowest BCUT2D eigenvalue weighted by Gasteiger charge is -2.35. The number of hydrogen-bond donors (Lipinski definition) is 0. The third-order valence-corrected chi connectivity index (χ3v) is 3.06. The van der Waals surface area contributed by atoms with Crippen LogP contribution in [-0.4, -0.2) is 19.7 Å². The summed E-state index contributed by atoms with van der Waals surface area (Å²) in [7, 11) is 2.07. The molecule has 1 aromatic rings. The fourth-order valence-electron chi connectivity index (χ4n) is 2.03. The van der Waals surface area contributed by atoms with Crippen LogP contribution in [0.15, 0.2) is 18.2 Å². The highest BCUT2D eigenvalue weighted by Gasteiger charge is 2.23. The van der Waals surface area contributed by atoms with Crippen LogP contribution in [0, 0.1) is 18.3 Å². The van der Waals surface area contributed by atoms with E-state index in [9.17, 15) is 0 Å². The maximum atomic E-state index is 8.61. The second-order valence-electron chi connectivity index (χ2n) is 4.24. The molecule has 1 heterocycles. The van der Waals surface area contributed by atoms with Crippen molar-refractivity contribution in [2.24, 2.45) is 0 Å². The summed E-state index contributed by atoms with van der Waals surface area (Å²) in [6.07, 6.45) is 1.44. The maximum absolute atomic E-state index is 8.61. The van der Waals surface area contributed by atoms with Crippen LogP contribution in [0.4, 0.5) is 5.69 Å². The van der Waals surface area contributed by atoms with E-state index in [0.29, 0.717) is 19.1 Å². The van der Waals surface area contributed by atoms with Crippen molar-refractivity contribution < 1.29 is 4.74 Å². The first-order valence-electron chi connectivity index (χ1n) is 5.55. The number of benzene rings is 1. The van der Waals surface area contributed by atoms with Crippen molar-refractivity contribution in [3.63, 3.8) is 0 Å². The van der Waals surface area contributed by atoms with E-state index in [2.05, 4.69) is 43.1 Å². The van der Waals surface area contributed by atoms with Crippen LogP contribution in [0.5, 0.6) is 5.75 Å². The van der Waals surface area contributed by atoms with Crippen LogP contribution in [-0.2, 0) is 0 Å². The summed E-state index contributed by atoms with van der Waals surface area (Å²) in [5.41, 5.74) is 2.34. The molecule has 0 fully saturated rings. The molecular weight excluding hydrogens is 200 g/mol. The molecule has 1 aliphatic heterocycles. The van der Waals surface area contributed by atoms with Crippen LogP contribution in [0.25, 0.3) is 0 Å². The highest BCUT2D eigenvalue weighted by molar-refractivity contribution is 5.61. The lowest BCUT2D eigenvalue weighted by atomic mass is 10.1. The molecule has 0 saturated carbocycles. The van der Waals surface area contributed by atoms with Crippen molar-refractivity contribution in [1.82, 2.24) is 0 Å². The highest BCUT2D eigenvalue weighted by Crippen LogP contribution is 2.34. The number of anilines is 1. The normalized spacial score (nSPS) is 18.6. The number of aryl methyl sites for hydroxylation is 1. The average molecular weight is 216 g/mol. The molecule has 16 heavy (non-hydrogen) atoms. The highest BCUT2D eigenvalue weighted by atomic mass is 16.5. The molecule has 0 aromatic heterocycles. The first kappa shape index (κ1) is 10.8. The Hall–Kier alpha value is -1.69. The molecule has 2 rings (SSSR count). The number of likely N-dealkylation sites (N-methyl/N-ethyl adjacent to an activating group) is 1. The molecule has 1 aliphatic rings. The predicted molar refractivity (Wildman–Crippen MR) is 63.7 cm³/mol. The van der Waals surface area contributed by atoms with Crippen molar-refractivity contribution >= 4 is 5.69 Å². The van der Waals surface area contributed by atoms with E-state index in [4.69, 9.17) is 10.00 Å². The summed E-state index contributed by atoms with van der Waals surface area (Å²) in [4.78, 5) is 2.22. The van der Waals surface area contributed by atoms with E-state index in [1.54, 1.807) is 0 Å². The average Bonchev–Trinajstić information content (AvgIpc) is 2.28. The number of ether oxygens (including phenoxy) is 1. The molecule has 1 aromatic carbocycles. The lowest BCUT2D eigenvalue weighted by molar-refractivity contribution is 0.261. The smallest absolute Gasteiger partial charge is 0.142 e. The van der Waals surface area contributed by atoms with E-state index < -0.39 is 0 Å². The Morgan fingerprint density at radius 3 is 3.12 bits per heavy atom. The Kier molecular flexibility index (Phi) is 3.00. The summed E-state index contributed by atoms with van der Waals surface area (Å²) < 4.78 is 5.73. The van der Waals surface area contributed by atoms with Crippen LogP contribution < -0.4 is 9.64 Å². The predicted octanol–water partition coefficient (Wildman–Crippen LogP) is 2.50. The van der Waals surface area contributed by atoms with Crippen molar-refractivity contribution in [2.75, 3.05) is 18.6 Å². The van der Waals surface area contributed by atoms with Gasteiger partial charge < -0.3 is 9.64 Å². The van der Waals surface area contributed by atoms with Crippen LogP contribution in [0.3, 0.4) is 0 Å². The molecule has 0 saturated heterocycles. The summed E-state index contributed by atoms with van der Waals surface area (Å²) in [5, 5.41) is 8.61. The molecule has 0 aliphatic carbocycles. The maximum Gasteiger partial charge on any atom is 0.142 e. The van der Waals surface area contributed by atoms with Gasteiger partial charge in [0, 0.05) is 13.5 Å². The van der Waals surface area contributed by atoms with E-state index in [1.807, 2.05) is 0 Å². The number of rotatable bonds is 2. The first-order chi connectivity index (χ1) is 7.72. The summed E-state index contributed by atoms with van der Waals surface area (Å²) >= 11 is 0. The molecule has 1 atom stereocenters. The molecule has 3 nitrogen and oxygen atoms in total. The zero-order valence-corrected chi connectivity index (χ0v) is 9.73. The van der Waals surface area contributed by atoms with Gasteiger partial charge in [0.2, 0.25) is 0 Å². The van der Waals surface area contributed by atoms with Crippen molar-refractivity contribution in [1.29, 1.82) is 5.26 Å². The summed E-state index contributed by atoms with van der Waals surface area (Å²) in [5.74, 6) is 0.954. The SMILES string of the molecule is Cc1ccc2c(c1)OCC(CCC#N)N2C. The molecule has 0 radical (unpaired) electrons. The molecule has 3 heteroatoms. The number of nitrogens with zero attached hydrogens (tertiary/aromatic N) is 2. The minimum absolute atomic E-state index is 0.315. The van der Waals surface area contributed by atoms with Crippen LogP contribution in [0.2, 0.25) is 0 Å². The van der Waals surface area contributed by atoms with E-state index in [-0.39, 0.29) is 0 Å². The van der Waals surface area contributed by atoms with Gasteiger partial charge in [0.1, 0.15) is 12.4 Å². The zero-order chi connectivity index (χ0) is 11.5. The molecule has 84 valence electrons. The third-order valence-electron chi connectivity index (χ3n) is 3.06. The standard InChI is InChI=1S/C13H16N2O/c1-10-5-6-12-13(8-10)16-9-11(15(12)2)4-3-7-14/h5-6,8,11H,3-4,9H2,1-2H3. The quantitative estimate of drug-likeness (QED) is 0.762. The van der Waals surface area contributed by atoms with Crippen molar-refractivity contribution in [2.45, 2.75) is 25.8 Å². The van der Waals surface area contributed by atoms with Gasteiger partial charge in [0.15, 0.2) is 0 Å². The Balaban J connectivity index is 2.19. The first-order valence-corrected chi connectivity index (χ1v) is 5.55. The number of hydrogen-bond acceptors (Lipinski definition) is 3. The van der Waals surface area contributed by atoms with Crippen molar-refractivity contribution in [3.05, 3.63) is 23.8 Å². The Morgan fingerprint density at radius 2 is 2.38 bits per heavy atom. The molecule has 0 spiro atoms. The van der Waals surface area contributed by atoms with Crippen LogP contribution in [0.1, 0.15) is 18.4 Å². The molecular formula is C13H16N2O. The van der Waals surface area contributed by atoms with E-state index >= 15 is 0 Å². The second kappa shape index (κ2) is 4.44. The van der Waals surface area contributed by atoms with Gasteiger partial charge in [-0.25, -0.2) is 0 Å². The molecule has 1 unspecified atom stereocenters. The monoisotopic (exact) mass is 216 g/mol.